The Balaban J connectivity index is 3.80. The average molecular weight is 176 g/mol. The largest absolute Gasteiger partial charge is 0.469 e. The number of methoxy groups -OCH3 is 1. The minimum atomic E-state index is -0.113. The third-order valence-corrected chi connectivity index (χ3v) is 2.97. The fourth-order valence-corrected chi connectivity index (χ4v) is 1.71. The van der Waals surface area contributed by atoms with Gasteiger partial charge in [0.05, 0.1) is 13.0 Å². The lowest BCUT2D eigenvalue weighted by Crippen LogP contribution is -2.22. The maximum absolute atomic E-state index is 11.0. The van der Waals surface area contributed by atoms with Gasteiger partial charge < -0.3 is 4.74 Å². The number of hydrogen-bond acceptors (Lipinski definition) is 3. The summed E-state index contributed by atoms with van der Waals surface area (Å²) >= 11 is 1.78. The standard InChI is InChI=1S/C8H16O2S/c1-5-11-7(3)6(2)8(9)10-4/h6-7H,5H2,1-4H3. The molecule has 11 heavy (non-hydrogen) atoms. The summed E-state index contributed by atoms with van der Waals surface area (Å²) in [5.74, 6) is 0.936. The molecule has 0 aromatic heterocycles. The SMILES string of the molecule is CCSC(C)C(C)C(=O)OC. The zero-order valence-corrected chi connectivity index (χ0v) is 8.40. The van der Waals surface area contributed by atoms with Crippen LogP contribution in [0, 0.1) is 5.92 Å². The van der Waals surface area contributed by atoms with Crippen LogP contribution in [0.1, 0.15) is 20.8 Å². The van der Waals surface area contributed by atoms with Crippen molar-refractivity contribution in [3.63, 3.8) is 0 Å². The van der Waals surface area contributed by atoms with Gasteiger partial charge in [0, 0.05) is 5.25 Å². The molecule has 2 nitrogen and oxygen atoms in total. The smallest absolute Gasteiger partial charge is 0.309 e. The van der Waals surface area contributed by atoms with Crippen LogP contribution in [-0.2, 0) is 9.53 Å². The number of carbonyl (C=O) groups excluding carboxylic acids is 1. The first-order chi connectivity index (χ1) is 5.13. The van der Waals surface area contributed by atoms with E-state index in [1.54, 1.807) is 11.8 Å². The second-order valence-corrected chi connectivity index (χ2v) is 4.13. The summed E-state index contributed by atoms with van der Waals surface area (Å²) in [6.07, 6.45) is 0. The van der Waals surface area contributed by atoms with Crippen LogP contribution in [0.5, 0.6) is 0 Å². The van der Waals surface area contributed by atoms with E-state index in [1.165, 1.54) is 7.11 Å². The Morgan fingerprint density at radius 2 is 2.09 bits per heavy atom. The van der Waals surface area contributed by atoms with E-state index >= 15 is 0 Å². The average Bonchev–Trinajstić information content (AvgIpc) is 2.02. The number of thioether (sulfide) groups is 1. The lowest BCUT2D eigenvalue weighted by molar-refractivity contribution is -0.144. The van der Waals surface area contributed by atoms with Crippen LogP contribution in [-0.4, -0.2) is 24.1 Å². The van der Waals surface area contributed by atoms with Gasteiger partial charge in [-0.25, -0.2) is 0 Å². The third-order valence-electron chi connectivity index (χ3n) is 1.71. The summed E-state index contributed by atoms with van der Waals surface area (Å²) in [6.45, 7) is 6.04. The molecule has 0 aliphatic rings. The zero-order valence-electron chi connectivity index (χ0n) is 7.59. The highest BCUT2D eigenvalue weighted by molar-refractivity contribution is 7.99. The predicted molar refractivity (Wildman–Crippen MR) is 48.8 cm³/mol. The Hall–Kier alpha value is -0.180. The van der Waals surface area contributed by atoms with Gasteiger partial charge in [-0.3, -0.25) is 4.79 Å². The van der Waals surface area contributed by atoms with E-state index in [4.69, 9.17) is 0 Å². The van der Waals surface area contributed by atoms with Crippen LogP contribution in [0.4, 0.5) is 0 Å². The van der Waals surface area contributed by atoms with Crippen LogP contribution in [0.2, 0.25) is 0 Å². The van der Waals surface area contributed by atoms with Gasteiger partial charge in [-0.05, 0) is 5.75 Å². The van der Waals surface area contributed by atoms with Crippen LogP contribution in [0.15, 0.2) is 0 Å². The van der Waals surface area contributed by atoms with Crippen molar-refractivity contribution in [3.8, 4) is 0 Å². The Morgan fingerprint density at radius 1 is 1.55 bits per heavy atom. The maximum atomic E-state index is 11.0. The van der Waals surface area contributed by atoms with E-state index in [0.29, 0.717) is 5.25 Å². The number of esters is 1. The van der Waals surface area contributed by atoms with Crippen molar-refractivity contribution in [2.45, 2.75) is 26.0 Å². The van der Waals surface area contributed by atoms with Crippen molar-refractivity contribution in [1.82, 2.24) is 0 Å². The molecule has 66 valence electrons. The fourth-order valence-electron chi connectivity index (χ4n) is 0.785. The van der Waals surface area contributed by atoms with Gasteiger partial charge in [0.2, 0.25) is 0 Å². The van der Waals surface area contributed by atoms with Gasteiger partial charge in [-0.15, -0.1) is 0 Å². The molecule has 0 fully saturated rings. The van der Waals surface area contributed by atoms with Gasteiger partial charge in [0.25, 0.3) is 0 Å². The Kier molecular flexibility index (Phi) is 5.38. The van der Waals surface area contributed by atoms with E-state index in [9.17, 15) is 4.79 Å². The van der Waals surface area contributed by atoms with Gasteiger partial charge in [-0.2, -0.15) is 11.8 Å². The summed E-state index contributed by atoms with van der Waals surface area (Å²) in [6, 6.07) is 0. The highest BCUT2D eigenvalue weighted by Gasteiger charge is 2.19. The number of carbonyl (C=O) groups is 1. The minimum absolute atomic E-state index is 0.00458. The molecule has 0 amide bonds. The summed E-state index contributed by atoms with van der Waals surface area (Å²) < 4.78 is 4.63. The van der Waals surface area contributed by atoms with Crippen LogP contribution in [0.3, 0.4) is 0 Å². The molecule has 0 saturated heterocycles. The van der Waals surface area contributed by atoms with Crippen molar-refractivity contribution in [2.24, 2.45) is 5.92 Å². The van der Waals surface area contributed by atoms with Crippen molar-refractivity contribution in [2.75, 3.05) is 12.9 Å². The quantitative estimate of drug-likeness (QED) is 0.612. The van der Waals surface area contributed by atoms with Gasteiger partial charge >= 0.3 is 5.97 Å². The van der Waals surface area contributed by atoms with E-state index in [1.807, 2.05) is 6.92 Å². The molecule has 0 aromatic rings. The molecule has 0 bridgehead atoms. The summed E-state index contributed by atoms with van der Waals surface area (Å²) in [5.41, 5.74) is 0. The summed E-state index contributed by atoms with van der Waals surface area (Å²) in [5, 5.41) is 0.354. The summed E-state index contributed by atoms with van der Waals surface area (Å²) in [4.78, 5) is 11.0. The first-order valence-corrected chi connectivity index (χ1v) is 4.87. The summed E-state index contributed by atoms with van der Waals surface area (Å²) in [7, 11) is 1.43. The topological polar surface area (TPSA) is 26.3 Å². The molecule has 0 aliphatic carbocycles. The predicted octanol–water partition coefficient (Wildman–Crippen LogP) is 1.94. The Labute approximate surface area is 72.7 Å². The first-order valence-electron chi connectivity index (χ1n) is 3.82. The molecule has 2 atom stereocenters. The van der Waals surface area contributed by atoms with Crippen molar-refractivity contribution < 1.29 is 9.53 Å². The van der Waals surface area contributed by atoms with Gasteiger partial charge in [-0.1, -0.05) is 20.8 Å². The highest BCUT2D eigenvalue weighted by atomic mass is 32.2. The molecule has 0 radical (unpaired) electrons. The minimum Gasteiger partial charge on any atom is -0.469 e. The molecule has 0 aromatic carbocycles. The molecule has 0 rings (SSSR count). The van der Waals surface area contributed by atoms with Crippen LogP contribution < -0.4 is 0 Å². The second-order valence-electron chi connectivity index (χ2n) is 2.47. The normalized spacial score (nSPS) is 15.6. The van der Waals surface area contributed by atoms with Crippen molar-refractivity contribution >= 4 is 17.7 Å². The van der Waals surface area contributed by atoms with E-state index in [0.717, 1.165) is 5.75 Å². The maximum Gasteiger partial charge on any atom is 0.309 e. The van der Waals surface area contributed by atoms with Gasteiger partial charge in [0.1, 0.15) is 0 Å². The van der Waals surface area contributed by atoms with Crippen molar-refractivity contribution in [3.05, 3.63) is 0 Å². The number of rotatable bonds is 4. The zero-order chi connectivity index (χ0) is 8.85. The highest BCUT2D eigenvalue weighted by Crippen LogP contribution is 2.19. The first kappa shape index (κ1) is 10.8. The molecule has 0 heterocycles. The lowest BCUT2D eigenvalue weighted by atomic mass is 10.1. The molecule has 2 unspecified atom stereocenters. The van der Waals surface area contributed by atoms with E-state index in [2.05, 4.69) is 18.6 Å². The van der Waals surface area contributed by atoms with Gasteiger partial charge in [0.15, 0.2) is 0 Å². The molecule has 3 heteroatoms. The number of hydrogen-bond donors (Lipinski definition) is 0. The molecule has 0 saturated carbocycles. The molecule has 0 aliphatic heterocycles. The van der Waals surface area contributed by atoms with Crippen molar-refractivity contribution in [1.29, 1.82) is 0 Å². The Morgan fingerprint density at radius 3 is 2.45 bits per heavy atom. The van der Waals surface area contributed by atoms with E-state index < -0.39 is 0 Å². The second kappa shape index (κ2) is 5.47. The third kappa shape index (κ3) is 3.65. The number of ether oxygens (including phenoxy) is 1. The molecule has 0 N–H and O–H groups in total. The van der Waals surface area contributed by atoms with E-state index in [-0.39, 0.29) is 11.9 Å². The Bertz CT molecular complexity index is 125. The monoisotopic (exact) mass is 176 g/mol. The molecular formula is C8H16O2S. The lowest BCUT2D eigenvalue weighted by Gasteiger charge is -2.15. The molecular weight excluding hydrogens is 160 g/mol. The van der Waals surface area contributed by atoms with Crippen LogP contribution in [0.25, 0.3) is 0 Å². The fraction of sp³-hybridized carbons (Fsp3) is 0.875. The van der Waals surface area contributed by atoms with Crippen LogP contribution >= 0.6 is 11.8 Å². The molecule has 0 spiro atoms.